The average Bonchev–Trinajstić information content (AvgIpc) is 2.68. The van der Waals surface area contributed by atoms with Crippen LogP contribution in [-0.4, -0.2) is 30.2 Å². The molecule has 28 heavy (non-hydrogen) atoms. The van der Waals surface area contributed by atoms with E-state index in [0.29, 0.717) is 36.3 Å². The number of ether oxygens (including phenoxy) is 1. The first kappa shape index (κ1) is 19.6. The van der Waals surface area contributed by atoms with Gasteiger partial charge in [0.05, 0.1) is 12.2 Å². The number of aromatic nitrogens is 2. The summed E-state index contributed by atoms with van der Waals surface area (Å²) in [7, 11) is 1.61. The fourth-order valence-corrected chi connectivity index (χ4v) is 2.49. The molecular weight excluding hydrogens is 369 g/mol. The number of nitrogens with zero attached hydrogens (tertiary/aromatic N) is 2. The summed E-state index contributed by atoms with van der Waals surface area (Å²) < 4.78 is 43.2. The third-order valence-corrected chi connectivity index (χ3v) is 3.86. The van der Waals surface area contributed by atoms with Crippen LogP contribution in [0.1, 0.15) is 5.56 Å². The lowest BCUT2D eigenvalue weighted by atomic mass is 10.2. The minimum atomic E-state index is -4.37. The number of alkyl halides is 3. The Labute approximate surface area is 160 Å². The summed E-state index contributed by atoms with van der Waals surface area (Å²) in [5.74, 6) is 1.55. The molecule has 2 aromatic carbocycles. The third kappa shape index (κ3) is 5.20. The molecule has 0 saturated carbocycles. The van der Waals surface area contributed by atoms with Crippen molar-refractivity contribution in [2.45, 2.75) is 6.18 Å². The Balaban J connectivity index is 1.87. The fraction of sp³-hybridized carbons (Fsp3) is 0.200. The van der Waals surface area contributed by atoms with Crippen molar-refractivity contribution in [3.63, 3.8) is 0 Å². The molecule has 0 radical (unpaired) electrons. The Kier molecular flexibility index (Phi) is 6.10. The second-order valence-electron chi connectivity index (χ2n) is 5.95. The Morgan fingerprint density at radius 3 is 2.25 bits per heavy atom. The van der Waals surface area contributed by atoms with Crippen LogP contribution in [0.15, 0.2) is 60.7 Å². The summed E-state index contributed by atoms with van der Waals surface area (Å²) >= 11 is 0. The highest BCUT2D eigenvalue weighted by Crippen LogP contribution is 2.30. The molecule has 0 atom stereocenters. The number of benzene rings is 2. The van der Waals surface area contributed by atoms with Crippen molar-refractivity contribution in [3.05, 3.63) is 66.2 Å². The van der Waals surface area contributed by atoms with E-state index in [1.54, 1.807) is 13.2 Å². The molecule has 1 aromatic heterocycles. The maximum Gasteiger partial charge on any atom is 0.416 e. The van der Waals surface area contributed by atoms with Crippen molar-refractivity contribution in [3.8, 4) is 11.4 Å². The summed E-state index contributed by atoms with van der Waals surface area (Å²) in [5, 5.41) is 6.18. The molecule has 3 aromatic rings. The smallest absolute Gasteiger partial charge is 0.383 e. The van der Waals surface area contributed by atoms with E-state index in [0.717, 1.165) is 17.7 Å². The molecule has 0 saturated heterocycles. The lowest BCUT2D eigenvalue weighted by Crippen LogP contribution is -2.10. The molecule has 1 heterocycles. The van der Waals surface area contributed by atoms with Crippen molar-refractivity contribution in [2.24, 2.45) is 0 Å². The van der Waals surface area contributed by atoms with Crippen LogP contribution < -0.4 is 10.6 Å². The highest BCUT2D eigenvalue weighted by molar-refractivity contribution is 5.65. The number of hydrogen-bond acceptors (Lipinski definition) is 5. The topological polar surface area (TPSA) is 59.1 Å². The Morgan fingerprint density at radius 1 is 0.929 bits per heavy atom. The van der Waals surface area contributed by atoms with Gasteiger partial charge >= 0.3 is 6.18 Å². The summed E-state index contributed by atoms with van der Waals surface area (Å²) in [6, 6.07) is 15.9. The van der Waals surface area contributed by atoms with Gasteiger partial charge in [0.1, 0.15) is 11.6 Å². The van der Waals surface area contributed by atoms with Crippen LogP contribution in [0, 0.1) is 0 Å². The summed E-state index contributed by atoms with van der Waals surface area (Å²) in [6.45, 7) is 1.06. The van der Waals surface area contributed by atoms with E-state index in [1.807, 2.05) is 30.3 Å². The number of methoxy groups -OCH3 is 1. The van der Waals surface area contributed by atoms with Crippen LogP contribution in [0.4, 0.5) is 30.5 Å². The summed E-state index contributed by atoms with van der Waals surface area (Å²) in [6.07, 6.45) is -4.37. The molecule has 0 aliphatic carbocycles. The van der Waals surface area contributed by atoms with E-state index < -0.39 is 11.7 Å². The fourth-order valence-electron chi connectivity index (χ4n) is 2.49. The van der Waals surface area contributed by atoms with E-state index >= 15 is 0 Å². The van der Waals surface area contributed by atoms with Gasteiger partial charge in [0, 0.05) is 31.0 Å². The highest BCUT2D eigenvalue weighted by atomic mass is 19.4. The monoisotopic (exact) mass is 388 g/mol. The second kappa shape index (κ2) is 8.71. The van der Waals surface area contributed by atoms with Crippen molar-refractivity contribution in [1.29, 1.82) is 0 Å². The maximum atomic E-state index is 12.7. The number of hydrogen-bond donors (Lipinski definition) is 2. The first-order valence-electron chi connectivity index (χ1n) is 8.57. The molecule has 3 rings (SSSR count). The molecule has 0 spiro atoms. The third-order valence-electron chi connectivity index (χ3n) is 3.86. The number of anilines is 3. The first-order chi connectivity index (χ1) is 13.5. The van der Waals surface area contributed by atoms with Crippen LogP contribution in [0.5, 0.6) is 0 Å². The molecule has 0 amide bonds. The van der Waals surface area contributed by atoms with Gasteiger partial charge in [-0.2, -0.15) is 13.2 Å². The van der Waals surface area contributed by atoms with Gasteiger partial charge in [0.15, 0.2) is 5.82 Å². The zero-order valence-electron chi connectivity index (χ0n) is 15.1. The van der Waals surface area contributed by atoms with Crippen molar-refractivity contribution >= 4 is 17.3 Å². The van der Waals surface area contributed by atoms with E-state index in [4.69, 9.17) is 4.74 Å². The van der Waals surface area contributed by atoms with Crippen LogP contribution in [0.3, 0.4) is 0 Å². The highest BCUT2D eigenvalue weighted by Gasteiger charge is 2.29. The molecule has 2 N–H and O–H groups in total. The number of rotatable bonds is 7. The zero-order chi connectivity index (χ0) is 20.0. The van der Waals surface area contributed by atoms with E-state index in [1.165, 1.54) is 12.1 Å². The average molecular weight is 388 g/mol. The largest absolute Gasteiger partial charge is 0.416 e. The molecule has 146 valence electrons. The van der Waals surface area contributed by atoms with E-state index in [-0.39, 0.29) is 0 Å². The summed E-state index contributed by atoms with van der Waals surface area (Å²) in [5.41, 5.74) is 0.620. The predicted molar refractivity (Wildman–Crippen MR) is 103 cm³/mol. The Hall–Kier alpha value is -3.13. The van der Waals surface area contributed by atoms with Crippen molar-refractivity contribution in [2.75, 3.05) is 30.9 Å². The van der Waals surface area contributed by atoms with E-state index in [2.05, 4.69) is 20.6 Å². The van der Waals surface area contributed by atoms with Gasteiger partial charge in [-0.1, -0.05) is 30.3 Å². The molecule has 8 heteroatoms. The van der Waals surface area contributed by atoms with Crippen LogP contribution in [0.2, 0.25) is 0 Å². The maximum absolute atomic E-state index is 12.7. The van der Waals surface area contributed by atoms with Gasteiger partial charge in [-0.25, -0.2) is 9.97 Å². The lowest BCUT2D eigenvalue weighted by Gasteiger charge is -2.12. The Bertz CT molecular complexity index is 900. The predicted octanol–water partition coefficient (Wildman–Crippen LogP) is 4.96. The van der Waals surface area contributed by atoms with Crippen molar-refractivity contribution in [1.82, 2.24) is 9.97 Å². The quantitative estimate of drug-likeness (QED) is 0.560. The lowest BCUT2D eigenvalue weighted by molar-refractivity contribution is -0.137. The Morgan fingerprint density at radius 2 is 1.61 bits per heavy atom. The van der Waals surface area contributed by atoms with Crippen molar-refractivity contribution < 1.29 is 17.9 Å². The molecule has 0 bridgehead atoms. The number of nitrogens with one attached hydrogen (secondary N) is 2. The van der Waals surface area contributed by atoms with Gasteiger partial charge in [-0.15, -0.1) is 0 Å². The normalized spacial score (nSPS) is 11.3. The van der Waals surface area contributed by atoms with Crippen LogP contribution in [-0.2, 0) is 10.9 Å². The molecule has 0 aliphatic rings. The zero-order valence-corrected chi connectivity index (χ0v) is 15.1. The number of halogens is 3. The molecule has 0 aliphatic heterocycles. The summed E-state index contributed by atoms with van der Waals surface area (Å²) in [4.78, 5) is 8.98. The second-order valence-corrected chi connectivity index (χ2v) is 5.95. The van der Waals surface area contributed by atoms with Crippen LogP contribution in [0.25, 0.3) is 11.4 Å². The van der Waals surface area contributed by atoms with Gasteiger partial charge < -0.3 is 15.4 Å². The SMILES string of the molecule is COCCNc1cc(Nc2ccc(C(F)(F)F)cc2)nc(-c2ccccc2)n1. The van der Waals surface area contributed by atoms with Gasteiger partial charge in [-0.05, 0) is 24.3 Å². The van der Waals surface area contributed by atoms with E-state index in [9.17, 15) is 13.2 Å². The standard InChI is InChI=1S/C20H19F3N4O/c1-28-12-11-24-17-13-18(27-19(26-17)14-5-3-2-4-6-14)25-16-9-7-15(8-10-16)20(21,22)23/h2-10,13H,11-12H2,1H3,(H2,24,25,26,27). The van der Waals surface area contributed by atoms with Gasteiger partial charge in [-0.3, -0.25) is 0 Å². The molecular formula is C20H19F3N4O. The van der Waals surface area contributed by atoms with Gasteiger partial charge in [0.25, 0.3) is 0 Å². The van der Waals surface area contributed by atoms with Gasteiger partial charge in [0.2, 0.25) is 0 Å². The molecule has 0 unspecified atom stereocenters. The molecule has 5 nitrogen and oxygen atoms in total. The first-order valence-corrected chi connectivity index (χ1v) is 8.57. The minimum absolute atomic E-state index is 0.466. The van der Waals surface area contributed by atoms with Crippen LogP contribution >= 0.6 is 0 Å². The minimum Gasteiger partial charge on any atom is -0.383 e. The molecule has 0 fully saturated rings.